The number of phenols is 1. The van der Waals surface area contributed by atoms with Gasteiger partial charge in [-0.15, -0.1) is 0 Å². The maximum atomic E-state index is 13.9. The molecule has 2 N–H and O–H groups in total. The van der Waals surface area contributed by atoms with Gasteiger partial charge in [-0.1, -0.05) is 6.07 Å². The molecular weight excluding hydrogens is 197 g/mol. The van der Waals surface area contributed by atoms with Crippen LogP contribution in [0.15, 0.2) is 12.1 Å². The molecule has 0 amide bonds. The van der Waals surface area contributed by atoms with E-state index in [2.05, 4.69) is 5.32 Å². The van der Waals surface area contributed by atoms with E-state index < -0.39 is 5.82 Å². The Morgan fingerprint density at radius 2 is 2.33 bits per heavy atom. The first-order valence-corrected chi connectivity index (χ1v) is 5.02. The van der Waals surface area contributed by atoms with Crippen molar-refractivity contribution in [2.75, 3.05) is 13.7 Å². The molecule has 4 heteroatoms. The second-order valence-corrected chi connectivity index (χ2v) is 3.67. The van der Waals surface area contributed by atoms with Gasteiger partial charge < -0.3 is 15.2 Å². The summed E-state index contributed by atoms with van der Waals surface area (Å²) in [7, 11) is 1.35. The zero-order valence-corrected chi connectivity index (χ0v) is 8.59. The lowest BCUT2D eigenvalue weighted by molar-refractivity contribution is 0.347. The predicted molar refractivity (Wildman–Crippen MR) is 54.6 cm³/mol. The van der Waals surface area contributed by atoms with Gasteiger partial charge in [0.2, 0.25) is 0 Å². The Morgan fingerprint density at radius 1 is 1.53 bits per heavy atom. The molecule has 82 valence electrons. The van der Waals surface area contributed by atoms with Crippen LogP contribution < -0.4 is 10.1 Å². The van der Waals surface area contributed by atoms with Gasteiger partial charge in [0.15, 0.2) is 17.3 Å². The van der Waals surface area contributed by atoms with Gasteiger partial charge in [-0.2, -0.15) is 0 Å². The molecule has 2 rings (SSSR count). The van der Waals surface area contributed by atoms with Crippen molar-refractivity contribution in [2.45, 2.75) is 18.9 Å². The van der Waals surface area contributed by atoms with Crippen LogP contribution in [0.3, 0.4) is 0 Å². The van der Waals surface area contributed by atoms with E-state index in [4.69, 9.17) is 4.74 Å². The molecule has 0 bridgehead atoms. The number of halogens is 1. The molecule has 1 aromatic carbocycles. The standard InChI is InChI=1S/C11H14FNO2/c1-15-11-9(14)5-4-7(10(11)12)8-3-2-6-13-8/h4-5,8,13-14H,2-3,6H2,1H3. The van der Waals surface area contributed by atoms with E-state index in [1.807, 2.05) is 0 Å². The Balaban J connectivity index is 2.39. The van der Waals surface area contributed by atoms with E-state index >= 15 is 0 Å². The average molecular weight is 211 g/mol. The van der Waals surface area contributed by atoms with Crippen molar-refractivity contribution in [3.8, 4) is 11.5 Å². The summed E-state index contributed by atoms with van der Waals surface area (Å²) in [5.41, 5.74) is 0.571. The highest BCUT2D eigenvalue weighted by molar-refractivity contribution is 5.44. The predicted octanol–water partition coefficient (Wildman–Crippen LogP) is 1.96. The molecule has 1 aromatic rings. The average Bonchev–Trinajstić information content (AvgIpc) is 2.71. The van der Waals surface area contributed by atoms with Crippen molar-refractivity contribution >= 4 is 0 Å². The summed E-state index contributed by atoms with van der Waals surface area (Å²) in [6, 6.07) is 3.12. The van der Waals surface area contributed by atoms with E-state index in [9.17, 15) is 9.50 Å². The van der Waals surface area contributed by atoms with Gasteiger partial charge in [0.25, 0.3) is 0 Å². The van der Waals surface area contributed by atoms with Crippen LogP contribution in [0, 0.1) is 5.82 Å². The van der Waals surface area contributed by atoms with Crippen LogP contribution >= 0.6 is 0 Å². The van der Waals surface area contributed by atoms with Crippen molar-refractivity contribution in [2.24, 2.45) is 0 Å². The van der Waals surface area contributed by atoms with Crippen molar-refractivity contribution in [3.05, 3.63) is 23.5 Å². The Hall–Kier alpha value is -1.29. The number of methoxy groups -OCH3 is 1. The quantitative estimate of drug-likeness (QED) is 0.785. The summed E-state index contributed by atoms with van der Waals surface area (Å²) in [6.07, 6.45) is 1.97. The van der Waals surface area contributed by atoms with E-state index in [0.29, 0.717) is 5.56 Å². The fourth-order valence-corrected chi connectivity index (χ4v) is 1.97. The van der Waals surface area contributed by atoms with Gasteiger partial charge in [0.05, 0.1) is 7.11 Å². The van der Waals surface area contributed by atoms with E-state index in [-0.39, 0.29) is 17.5 Å². The smallest absolute Gasteiger partial charge is 0.196 e. The molecule has 0 aromatic heterocycles. The molecule has 1 aliphatic rings. The van der Waals surface area contributed by atoms with E-state index in [1.165, 1.54) is 13.2 Å². The normalized spacial score (nSPS) is 20.5. The van der Waals surface area contributed by atoms with Crippen LogP contribution in [0.25, 0.3) is 0 Å². The molecule has 1 saturated heterocycles. The summed E-state index contributed by atoms with van der Waals surface area (Å²) in [5, 5.41) is 12.6. The number of benzene rings is 1. The van der Waals surface area contributed by atoms with Gasteiger partial charge in [-0.25, -0.2) is 4.39 Å². The summed E-state index contributed by atoms with van der Waals surface area (Å²) in [6.45, 7) is 0.910. The molecule has 15 heavy (non-hydrogen) atoms. The molecule has 1 atom stereocenters. The molecule has 1 heterocycles. The highest BCUT2D eigenvalue weighted by Gasteiger charge is 2.23. The zero-order chi connectivity index (χ0) is 10.8. The minimum absolute atomic E-state index is 0.0412. The molecule has 1 fully saturated rings. The number of aromatic hydroxyl groups is 1. The molecule has 0 aliphatic carbocycles. The largest absolute Gasteiger partial charge is 0.504 e. The third kappa shape index (κ3) is 1.77. The lowest BCUT2D eigenvalue weighted by Crippen LogP contribution is -2.14. The van der Waals surface area contributed by atoms with E-state index in [1.54, 1.807) is 6.07 Å². The van der Waals surface area contributed by atoms with Crippen molar-refractivity contribution < 1.29 is 14.2 Å². The summed E-state index contributed by atoms with van der Waals surface area (Å²) >= 11 is 0. The Kier molecular flexibility index (Phi) is 2.77. The van der Waals surface area contributed by atoms with Crippen molar-refractivity contribution in [1.82, 2.24) is 5.32 Å². The monoisotopic (exact) mass is 211 g/mol. The van der Waals surface area contributed by atoms with Crippen LogP contribution in [0.2, 0.25) is 0 Å². The molecule has 1 aliphatic heterocycles. The van der Waals surface area contributed by atoms with Crippen LogP contribution in [0.1, 0.15) is 24.4 Å². The van der Waals surface area contributed by atoms with Gasteiger partial charge in [-0.05, 0) is 25.5 Å². The van der Waals surface area contributed by atoms with Crippen molar-refractivity contribution in [1.29, 1.82) is 0 Å². The number of phenolic OH excluding ortho intramolecular Hbond substituents is 1. The number of nitrogens with one attached hydrogen (secondary N) is 1. The molecule has 0 saturated carbocycles. The van der Waals surface area contributed by atoms with Gasteiger partial charge >= 0.3 is 0 Å². The lowest BCUT2D eigenvalue weighted by Gasteiger charge is -2.14. The molecule has 0 radical (unpaired) electrons. The minimum Gasteiger partial charge on any atom is -0.504 e. The fraction of sp³-hybridized carbons (Fsp3) is 0.455. The molecule has 1 unspecified atom stereocenters. The maximum Gasteiger partial charge on any atom is 0.196 e. The zero-order valence-electron chi connectivity index (χ0n) is 8.59. The highest BCUT2D eigenvalue weighted by atomic mass is 19.1. The Labute approximate surface area is 87.9 Å². The van der Waals surface area contributed by atoms with Crippen molar-refractivity contribution in [3.63, 3.8) is 0 Å². The van der Waals surface area contributed by atoms with Crippen LogP contribution in [0.4, 0.5) is 4.39 Å². The first-order chi connectivity index (χ1) is 7.24. The molecule has 3 nitrogen and oxygen atoms in total. The van der Waals surface area contributed by atoms with Crippen LogP contribution in [-0.2, 0) is 0 Å². The van der Waals surface area contributed by atoms with Gasteiger partial charge in [-0.3, -0.25) is 0 Å². The summed E-state index contributed by atoms with van der Waals surface area (Å²) in [4.78, 5) is 0. The summed E-state index contributed by atoms with van der Waals surface area (Å²) < 4.78 is 18.7. The number of hydrogen-bond donors (Lipinski definition) is 2. The molecular formula is C11H14FNO2. The minimum atomic E-state index is -0.461. The van der Waals surface area contributed by atoms with E-state index in [0.717, 1.165) is 19.4 Å². The third-order valence-corrected chi connectivity index (χ3v) is 2.75. The first-order valence-electron chi connectivity index (χ1n) is 5.02. The SMILES string of the molecule is COc1c(O)ccc(C2CCCN2)c1F. The highest BCUT2D eigenvalue weighted by Crippen LogP contribution is 2.35. The Morgan fingerprint density at radius 3 is 2.93 bits per heavy atom. The molecule has 0 spiro atoms. The fourth-order valence-electron chi connectivity index (χ4n) is 1.97. The second kappa shape index (κ2) is 4.06. The number of hydrogen-bond acceptors (Lipinski definition) is 3. The topological polar surface area (TPSA) is 41.5 Å². The van der Waals surface area contributed by atoms with Gasteiger partial charge in [0, 0.05) is 11.6 Å². The second-order valence-electron chi connectivity index (χ2n) is 3.67. The lowest BCUT2D eigenvalue weighted by atomic mass is 10.0. The summed E-state index contributed by atoms with van der Waals surface area (Å²) in [5.74, 6) is -0.685. The van der Waals surface area contributed by atoms with Crippen LogP contribution in [-0.4, -0.2) is 18.8 Å². The number of ether oxygens (including phenoxy) is 1. The first kappa shape index (κ1) is 10.2. The number of rotatable bonds is 2. The Bertz CT molecular complexity index is 362. The van der Waals surface area contributed by atoms with Gasteiger partial charge in [0.1, 0.15) is 0 Å². The maximum absolute atomic E-state index is 13.9. The van der Waals surface area contributed by atoms with Crippen LogP contribution in [0.5, 0.6) is 11.5 Å². The third-order valence-electron chi connectivity index (χ3n) is 2.75.